The number of ether oxygens (including phenoxy) is 1. The van der Waals surface area contributed by atoms with Gasteiger partial charge in [-0.1, -0.05) is 93.4 Å². The zero-order valence-corrected chi connectivity index (χ0v) is 27.9. The van der Waals surface area contributed by atoms with Crippen molar-refractivity contribution in [2.45, 2.75) is 105 Å². The molecule has 1 unspecified atom stereocenters. The van der Waals surface area contributed by atoms with Crippen LogP contribution in [0.15, 0.2) is 83.9 Å². The molecule has 0 bridgehead atoms. The molecule has 0 radical (unpaired) electrons. The first-order valence-corrected chi connectivity index (χ1v) is 16.7. The molecule has 1 amide bonds. The van der Waals surface area contributed by atoms with E-state index in [1.165, 1.54) is 19.3 Å². The predicted octanol–water partition coefficient (Wildman–Crippen LogP) is 9.87. The second-order valence-electron chi connectivity index (χ2n) is 12.0. The lowest BCUT2D eigenvalue weighted by molar-refractivity contribution is -0.119. The fourth-order valence-electron chi connectivity index (χ4n) is 5.35. The number of rotatable bonds is 15. The second kappa shape index (κ2) is 18.7. The molecule has 1 fully saturated rings. The molecule has 3 aromatic rings. The predicted molar refractivity (Wildman–Crippen MR) is 185 cm³/mol. The number of allylic oxidation sites excluding steroid dienone is 2. The molecule has 0 aromatic heterocycles. The van der Waals surface area contributed by atoms with E-state index >= 15 is 0 Å². The summed E-state index contributed by atoms with van der Waals surface area (Å²) in [7, 11) is 0. The molecule has 4 rings (SSSR count). The van der Waals surface area contributed by atoms with Gasteiger partial charge in [-0.15, -0.1) is 0 Å². The summed E-state index contributed by atoms with van der Waals surface area (Å²) in [6, 6.07) is 23.1. The Morgan fingerprint density at radius 3 is 2.27 bits per heavy atom. The van der Waals surface area contributed by atoms with Crippen LogP contribution in [-0.4, -0.2) is 17.5 Å². The van der Waals surface area contributed by atoms with E-state index < -0.39 is 0 Å². The summed E-state index contributed by atoms with van der Waals surface area (Å²) in [5.41, 5.74) is 7.67. The van der Waals surface area contributed by atoms with Crippen LogP contribution in [0.25, 0.3) is 0 Å². The van der Waals surface area contributed by atoms with Gasteiger partial charge in [0.2, 0.25) is 5.91 Å². The van der Waals surface area contributed by atoms with Gasteiger partial charge >= 0.3 is 0 Å². The van der Waals surface area contributed by atoms with Crippen LogP contribution in [0.3, 0.4) is 0 Å². The molecule has 1 aliphatic carbocycles. The summed E-state index contributed by atoms with van der Waals surface area (Å²) in [5, 5.41) is 2.94. The highest BCUT2D eigenvalue weighted by Gasteiger charge is 2.16. The van der Waals surface area contributed by atoms with E-state index in [1.807, 2.05) is 93.6 Å². The van der Waals surface area contributed by atoms with Crippen LogP contribution in [0.5, 0.6) is 5.75 Å². The van der Waals surface area contributed by atoms with Crippen molar-refractivity contribution in [2.75, 3.05) is 5.32 Å². The van der Waals surface area contributed by atoms with Gasteiger partial charge in [0, 0.05) is 36.6 Å². The molecule has 1 N–H and O–H groups in total. The Balaban J connectivity index is 0.000000330. The minimum atomic E-state index is -0.102. The lowest BCUT2D eigenvalue weighted by Gasteiger charge is -2.23. The quantitative estimate of drug-likeness (QED) is 0.137. The van der Waals surface area contributed by atoms with Gasteiger partial charge in [0.25, 0.3) is 0 Å². The van der Waals surface area contributed by atoms with Crippen molar-refractivity contribution >= 4 is 23.2 Å². The van der Waals surface area contributed by atoms with Crippen molar-refractivity contribution in [1.29, 1.82) is 0 Å². The lowest BCUT2D eigenvalue weighted by Crippen LogP contribution is -2.15. The Hall–Kier alpha value is -3.99. The number of amides is 1. The molecular weight excluding hydrogens is 558 g/mol. The number of aryl methyl sites for hydroxylation is 1. The Morgan fingerprint density at radius 1 is 0.867 bits per heavy atom. The number of ketones is 2. The maximum atomic E-state index is 12.6. The zero-order chi connectivity index (χ0) is 32.6. The third-order valence-electron chi connectivity index (χ3n) is 8.56. The van der Waals surface area contributed by atoms with Gasteiger partial charge < -0.3 is 10.1 Å². The first kappa shape index (κ1) is 35.5. The molecule has 1 aliphatic rings. The number of carbonyl (C=O) groups is 3. The van der Waals surface area contributed by atoms with Crippen molar-refractivity contribution in [3.05, 3.63) is 106 Å². The van der Waals surface area contributed by atoms with Gasteiger partial charge in [-0.25, -0.2) is 0 Å². The third kappa shape index (κ3) is 11.8. The van der Waals surface area contributed by atoms with Gasteiger partial charge in [-0.3, -0.25) is 14.4 Å². The summed E-state index contributed by atoms with van der Waals surface area (Å²) in [6.45, 7) is 11.0. The van der Waals surface area contributed by atoms with Crippen LogP contribution in [0, 0.1) is 5.92 Å². The van der Waals surface area contributed by atoms with E-state index in [-0.39, 0.29) is 18.1 Å². The van der Waals surface area contributed by atoms with Crippen molar-refractivity contribution in [1.82, 2.24) is 0 Å². The summed E-state index contributed by atoms with van der Waals surface area (Å²) in [4.78, 5) is 36.0. The van der Waals surface area contributed by atoms with Crippen LogP contribution in [0.4, 0.5) is 5.69 Å². The van der Waals surface area contributed by atoms with Crippen molar-refractivity contribution < 1.29 is 19.1 Å². The maximum Gasteiger partial charge on any atom is 0.228 e. The Labute approximate surface area is 270 Å². The molecule has 240 valence electrons. The Morgan fingerprint density at radius 2 is 1.62 bits per heavy atom. The van der Waals surface area contributed by atoms with Gasteiger partial charge in [-0.2, -0.15) is 0 Å². The number of carbonyl (C=O) groups excluding carboxylic acids is 3. The minimum absolute atomic E-state index is 0.102. The first-order chi connectivity index (χ1) is 21.7. The van der Waals surface area contributed by atoms with Crippen molar-refractivity contribution in [2.24, 2.45) is 5.92 Å². The van der Waals surface area contributed by atoms with Gasteiger partial charge in [0.05, 0.1) is 6.42 Å². The average Bonchev–Trinajstić information content (AvgIpc) is 3.02. The molecule has 0 aliphatic heterocycles. The largest absolute Gasteiger partial charge is 0.489 e. The zero-order valence-electron chi connectivity index (χ0n) is 27.9. The number of Topliss-reactive ketones (excluding diaryl/α,β-unsaturated/α-hetero) is 2. The summed E-state index contributed by atoms with van der Waals surface area (Å²) in [5.74, 6) is 1.79. The molecule has 45 heavy (non-hydrogen) atoms. The van der Waals surface area contributed by atoms with Crippen LogP contribution in [-0.2, 0) is 29.0 Å². The summed E-state index contributed by atoms with van der Waals surface area (Å²) < 4.78 is 5.84. The van der Waals surface area contributed by atoms with Crippen LogP contribution in [0.1, 0.15) is 113 Å². The topological polar surface area (TPSA) is 72.5 Å². The number of hydrogen-bond acceptors (Lipinski definition) is 4. The van der Waals surface area contributed by atoms with Crippen LogP contribution in [0.2, 0.25) is 0 Å². The van der Waals surface area contributed by atoms with Crippen molar-refractivity contribution in [3.63, 3.8) is 0 Å². The van der Waals surface area contributed by atoms with E-state index in [1.54, 1.807) is 11.1 Å². The molecule has 5 nitrogen and oxygen atoms in total. The minimum Gasteiger partial charge on any atom is -0.489 e. The lowest BCUT2D eigenvalue weighted by atomic mass is 9.82. The number of benzene rings is 3. The smallest absolute Gasteiger partial charge is 0.228 e. The average molecular weight is 610 g/mol. The maximum absolute atomic E-state index is 12.6. The fourth-order valence-corrected chi connectivity index (χ4v) is 5.35. The monoisotopic (exact) mass is 609 g/mol. The van der Waals surface area contributed by atoms with Gasteiger partial charge in [0.15, 0.2) is 5.78 Å². The fraction of sp³-hybridized carbons (Fsp3) is 0.425. The molecule has 0 saturated heterocycles. The normalized spacial score (nSPS) is 12.7. The molecule has 1 saturated carbocycles. The van der Waals surface area contributed by atoms with Crippen LogP contribution >= 0.6 is 0 Å². The Bertz CT molecular complexity index is 1430. The van der Waals surface area contributed by atoms with Crippen LogP contribution < -0.4 is 10.1 Å². The second-order valence-corrected chi connectivity index (χ2v) is 12.0. The highest BCUT2D eigenvalue weighted by Crippen LogP contribution is 2.33. The molecule has 0 spiro atoms. The molecule has 0 heterocycles. The highest BCUT2D eigenvalue weighted by atomic mass is 16.5. The molecule has 1 atom stereocenters. The van der Waals surface area contributed by atoms with E-state index in [0.29, 0.717) is 42.6 Å². The highest BCUT2D eigenvalue weighted by molar-refractivity contribution is 5.98. The van der Waals surface area contributed by atoms with Gasteiger partial charge in [0.1, 0.15) is 18.1 Å². The van der Waals surface area contributed by atoms with E-state index in [0.717, 1.165) is 47.9 Å². The molecule has 5 heteroatoms. The SMILES string of the molecule is CCC(=O)CCC(C)C(C)=C1CCC1.CCCC(=O)c1ccc(CC(=O)Nc2cccc(OCc3ccccc3)c2)cc1CC. The third-order valence-corrected chi connectivity index (χ3v) is 8.56. The Kier molecular flexibility index (Phi) is 14.8. The summed E-state index contributed by atoms with van der Waals surface area (Å²) in [6.07, 6.45) is 8.89. The van der Waals surface area contributed by atoms with E-state index in [9.17, 15) is 14.4 Å². The molecular formula is C40H51NO4. The standard InChI is InChI=1S/C27H29NO3.C13H22O/c1-3-9-26(29)25-15-14-21(16-22(25)4-2)17-27(30)28-23-12-8-13-24(18-23)31-19-20-10-6-5-7-11-20;1-4-13(14)9-8-10(2)11(3)12-6-5-7-12/h5-8,10-16,18H,3-4,9,17,19H2,1-2H3,(H,28,30);10H,4-9H2,1-3H3. The van der Waals surface area contributed by atoms with Gasteiger partial charge in [-0.05, 0) is 80.2 Å². The number of nitrogens with one attached hydrogen (secondary N) is 1. The number of anilines is 1. The summed E-state index contributed by atoms with van der Waals surface area (Å²) >= 11 is 0. The van der Waals surface area contributed by atoms with Crippen molar-refractivity contribution in [3.8, 4) is 5.75 Å². The van der Waals surface area contributed by atoms with E-state index in [2.05, 4.69) is 19.2 Å². The molecule has 3 aromatic carbocycles. The van der Waals surface area contributed by atoms with E-state index in [4.69, 9.17) is 4.74 Å². The number of hydrogen-bond donors (Lipinski definition) is 1. The first-order valence-electron chi connectivity index (χ1n) is 16.7.